The number of aliphatic carboxylic acids is 1. The number of rotatable bonds is 5. The van der Waals surface area contributed by atoms with Crippen LogP contribution in [0.2, 0.25) is 0 Å². The molecule has 0 saturated heterocycles. The molecule has 1 unspecified atom stereocenters. The Morgan fingerprint density at radius 2 is 2.00 bits per heavy atom. The zero-order valence-corrected chi connectivity index (χ0v) is 12.1. The predicted octanol–water partition coefficient (Wildman–Crippen LogP) is 2.85. The van der Waals surface area contributed by atoms with E-state index in [-0.39, 0.29) is 5.56 Å². The van der Waals surface area contributed by atoms with Crippen LogP contribution in [0, 0.1) is 6.92 Å². The summed E-state index contributed by atoms with van der Waals surface area (Å²) in [5.41, 5.74) is 0.719. The molecule has 1 aromatic rings. The maximum Gasteiger partial charge on any atom is 0.391 e. The van der Waals surface area contributed by atoms with Gasteiger partial charge in [0.25, 0.3) is 5.91 Å². The van der Waals surface area contributed by atoms with Gasteiger partial charge in [0.15, 0.2) is 0 Å². The monoisotopic (exact) mass is 321 g/mol. The minimum Gasteiger partial charge on any atom is -0.480 e. The van der Waals surface area contributed by atoms with E-state index in [1.165, 1.54) is 17.8 Å². The van der Waals surface area contributed by atoms with Gasteiger partial charge in [0, 0.05) is 10.5 Å². The van der Waals surface area contributed by atoms with Crippen LogP contribution in [-0.4, -0.2) is 35.5 Å². The van der Waals surface area contributed by atoms with Crippen molar-refractivity contribution in [2.45, 2.75) is 30.5 Å². The number of benzene rings is 1. The third-order valence-electron chi connectivity index (χ3n) is 2.73. The van der Waals surface area contributed by atoms with Crippen molar-refractivity contribution in [2.75, 3.05) is 6.26 Å². The number of carboxylic acids is 1. The molecule has 0 aromatic heterocycles. The summed E-state index contributed by atoms with van der Waals surface area (Å²) in [5, 5.41) is 10.7. The number of aryl methyl sites for hydroxylation is 1. The van der Waals surface area contributed by atoms with E-state index in [2.05, 4.69) is 0 Å². The van der Waals surface area contributed by atoms with Gasteiger partial charge in [-0.25, -0.2) is 4.79 Å². The number of thioether (sulfide) groups is 1. The van der Waals surface area contributed by atoms with Crippen molar-refractivity contribution >= 4 is 23.6 Å². The molecule has 21 heavy (non-hydrogen) atoms. The van der Waals surface area contributed by atoms with Gasteiger partial charge in [-0.05, 0) is 30.9 Å². The van der Waals surface area contributed by atoms with E-state index in [0.717, 1.165) is 4.90 Å². The maximum atomic E-state index is 12.3. The average Bonchev–Trinajstić information content (AvgIpc) is 2.36. The highest BCUT2D eigenvalue weighted by Crippen LogP contribution is 2.23. The minimum atomic E-state index is -4.67. The molecule has 8 heteroatoms. The third-order valence-corrected chi connectivity index (χ3v) is 3.45. The molecule has 0 fully saturated rings. The van der Waals surface area contributed by atoms with E-state index in [1.54, 1.807) is 25.3 Å². The number of carbonyl (C=O) groups is 2. The van der Waals surface area contributed by atoms with Crippen LogP contribution in [0.5, 0.6) is 0 Å². The molecule has 2 N–H and O–H groups in total. The largest absolute Gasteiger partial charge is 0.480 e. The van der Waals surface area contributed by atoms with Gasteiger partial charge in [0.05, 0.1) is 6.42 Å². The Balaban J connectivity index is 2.94. The van der Waals surface area contributed by atoms with E-state index in [9.17, 15) is 22.8 Å². The van der Waals surface area contributed by atoms with Crippen molar-refractivity contribution in [1.82, 2.24) is 5.32 Å². The lowest BCUT2D eigenvalue weighted by Gasteiger charge is -2.17. The highest BCUT2D eigenvalue weighted by molar-refractivity contribution is 7.98. The smallest absolute Gasteiger partial charge is 0.391 e. The first-order valence-electron chi connectivity index (χ1n) is 5.89. The Kier molecular flexibility index (Phi) is 5.65. The first-order valence-corrected chi connectivity index (χ1v) is 7.11. The van der Waals surface area contributed by atoms with Crippen LogP contribution in [-0.2, 0) is 4.79 Å². The Morgan fingerprint density at radius 1 is 1.38 bits per heavy atom. The number of halogens is 3. The highest BCUT2D eigenvalue weighted by atomic mass is 32.2. The lowest BCUT2D eigenvalue weighted by atomic mass is 10.1. The van der Waals surface area contributed by atoms with E-state index in [1.807, 2.05) is 5.32 Å². The van der Waals surface area contributed by atoms with E-state index in [0.29, 0.717) is 5.56 Å². The number of nitrogens with one attached hydrogen (secondary N) is 1. The lowest BCUT2D eigenvalue weighted by Crippen LogP contribution is -2.43. The second-order valence-electron chi connectivity index (χ2n) is 4.36. The van der Waals surface area contributed by atoms with Gasteiger partial charge >= 0.3 is 12.1 Å². The highest BCUT2D eigenvalue weighted by Gasteiger charge is 2.36. The van der Waals surface area contributed by atoms with Crippen molar-refractivity contribution in [3.8, 4) is 0 Å². The van der Waals surface area contributed by atoms with Crippen LogP contribution in [0.4, 0.5) is 13.2 Å². The Labute approximate surface area is 123 Å². The Hall–Kier alpha value is -1.70. The van der Waals surface area contributed by atoms with Gasteiger partial charge in [0.2, 0.25) is 0 Å². The lowest BCUT2D eigenvalue weighted by molar-refractivity contribution is -0.157. The van der Waals surface area contributed by atoms with Crippen LogP contribution in [0.3, 0.4) is 0 Å². The van der Waals surface area contributed by atoms with Gasteiger partial charge in [-0.2, -0.15) is 13.2 Å². The molecule has 4 nitrogen and oxygen atoms in total. The summed E-state index contributed by atoms with van der Waals surface area (Å²) in [6, 6.07) is 2.93. The zero-order valence-electron chi connectivity index (χ0n) is 11.3. The molecule has 0 spiro atoms. The number of hydrogen-bond acceptors (Lipinski definition) is 3. The molecular weight excluding hydrogens is 307 g/mol. The van der Waals surface area contributed by atoms with Crippen molar-refractivity contribution in [1.29, 1.82) is 0 Å². The molecule has 0 heterocycles. The Morgan fingerprint density at radius 3 is 2.48 bits per heavy atom. The van der Waals surface area contributed by atoms with Crippen LogP contribution >= 0.6 is 11.8 Å². The minimum absolute atomic E-state index is 0.162. The third kappa shape index (κ3) is 5.30. The van der Waals surface area contributed by atoms with Gasteiger partial charge in [-0.3, -0.25) is 4.79 Å². The molecule has 1 rings (SSSR count). The molecule has 0 aliphatic rings. The number of carbonyl (C=O) groups excluding carboxylic acids is 1. The van der Waals surface area contributed by atoms with E-state index >= 15 is 0 Å². The van der Waals surface area contributed by atoms with Gasteiger partial charge in [-0.1, -0.05) is 6.07 Å². The summed E-state index contributed by atoms with van der Waals surface area (Å²) in [6.45, 7) is 1.62. The number of carboxylic acid groups (broad SMARTS) is 1. The molecule has 0 bridgehead atoms. The molecule has 1 amide bonds. The molecular formula is C13H14F3NO3S. The number of alkyl halides is 3. The van der Waals surface area contributed by atoms with Crippen molar-refractivity contribution < 1.29 is 27.9 Å². The molecule has 0 aliphatic heterocycles. The average molecular weight is 321 g/mol. The SMILES string of the molecule is CSc1ccc(C)c(C(=O)NC(CC(F)(F)F)C(=O)O)c1. The summed E-state index contributed by atoms with van der Waals surface area (Å²) in [5.74, 6) is -2.56. The molecule has 116 valence electrons. The molecule has 0 radical (unpaired) electrons. The first-order chi connectivity index (χ1) is 9.64. The van der Waals surface area contributed by atoms with Gasteiger partial charge < -0.3 is 10.4 Å². The van der Waals surface area contributed by atoms with E-state index < -0.39 is 30.5 Å². The van der Waals surface area contributed by atoms with Crippen molar-refractivity contribution in [3.05, 3.63) is 29.3 Å². The van der Waals surface area contributed by atoms with Crippen LogP contribution in [0.25, 0.3) is 0 Å². The maximum absolute atomic E-state index is 12.3. The number of hydrogen-bond donors (Lipinski definition) is 2. The van der Waals surface area contributed by atoms with Crippen molar-refractivity contribution in [3.63, 3.8) is 0 Å². The topological polar surface area (TPSA) is 66.4 Å². The fourth-order valence-corrected chi connectivity index (χ4v) is 2.08. The van der Waals surface area contributed by atoms with Crippen molar-refractivity contribution in [2.24, 2.45) is 0 Å². The summed E-state index contributed by atoms with van der Waals surface area (Å²) < 4.78 is 36.9. The fourth-order valence-electron chi connectivity index (χ4n) is 1.64. The second-order valence-corrected chi connectivity index (χ2v) is 5.24. The first kappa shape index (κ1) is 17.4. The number of amides is 1. The second kappa shape index (κ2) is 6.84. The molecule has 0 saturated carbocycles. The van der Waals surface area contributed by atoms with Gasteiger partial charge in [-0.15, -0.1) is 11.8 Å². The van der Waals surface area contributed by atoms with Gasteiger partial charge in [0.1, 0.15) is 6.04 Å². The summed E-state index contributed by atoms with van der Waals surface area (Å²) >= 11 is 1.37. The summed E-state index contributed by atoms with van der Waals surface area (Å²) in [6.07, 6.45) is -4.50. The standard InChI is InChI=1S/C13H14F3NO3S/c1-7-3-4-8(21-2)5-9(7)11(18)17-10(12(19)20)6-13(14,15)16/h3-5,10H,6H2,1-2H3,(H,17,18)(H,19,20). The fraction of sp³-hybridized carbons (Fsp3) is 0.385. The normalized spacial score (nSPS) is 12.8. The predicted molar refractivity (Wildman–Crippen MR) is 72.5 cm³/mol. The quantitative estimate of drug-likeness (QED) is 0.819. The molecule has 0 aliphatic carbocycles. The van der Waals surface area contributed by atoms with Crippen LogP contribution in [0.1, 0.15) is 22.3 Å². The Bertz CT molecular complexity index is 546. The van der Waals surface area contributed by atoms with Crippen LogP contribution in [0.15, 0.2) is 23.1 Å². The molecule has 1 aromatic carbocycles. The summed E-state index contributed by atoms with van der Waals surface area (Å²) in [7, 11) is 0. The summed E-state index contributed by atoms with van der Waals surface area (Å²) in [4.78, 5) is 23.6. The zero-order chi connectivity index (χ0) is 16.2. The molecule has 1 atom stereocenters. The van der Waals surface area contributed by atoms with E-state index in [4.69, 9.17) is 5.11 Å². The van der Waals surface area contributed by atoms with Crippen LogP contribution < -0.4 is 5.32 Å².